The van der Waals surface area contributed by atoms with Gasteiger partial charge in [-0.2, -0.15) is 0 Å². The van der Waals surface area contributed by atoms with Gasteiger partial charge in [0.1, 0.15) is 5.56 Å². The Labute approximate surface area is 133 Å². The topological polar surface area (TPSA) is 73.5 Å². The minimum absolute atomic E-state index is 0.0165. The maximum Gasteiger partial charge on any atom is 0.261 e. The molecular formula is C17H19N3O3. The van der Waals surface area contributed by atoms with E-state index in [9.17, 15) is 14.4 Å². The molecule has 1 aromatic heterocycles. The van der Waals surface area contributed by atoms with Crippen molar-refractivity contribution in [2.24, 2.45) is 0 Å². The number of benzene rings is 1. The van der Waals surface area contributed by atoms with Gasteiger partial charge in [-0.3, -0.25) is 14.4 Å². The lowest BCUT2D eigenvalue weighted by atomic mass is 10.1. The zero-order chi connectivity index (χ0) is 16.4. The van der Waals surface area contributed by atoms with Crippen LogP contribution in [0.3, 0.4) is 0 Å². The Morgan fingerprint density at radius 3 is 2.52 bits per heavy atom. The molecule has 1 fully saturated rings. The molecule has 6 heteroatoms. The second-order valence-electron chi connectivity index (χ2n) is 5.75. The number of carbonyl (C=O) groups excluding carboxylic acids is 2. The van der Waals surface area contributed by atoms with Gasteiger partial charge in [-0.05, 0) is 23.9 Å². The molecule has 1 aliphatic rings. The smallest absolute Gasteiger partial charge is 0.261 e. The van der Waals surface area contributed by atoms with Crippen molar-refractivity contribution in [2.75, 3.05) is 26.2 Å². The summed E-state index contributed by atoms with van der Waals surface area (Å²) in [6, 6.07) is 9.02. The molecule has 0 aliphatic carbocycles. The predicted octanol–water partition coefficient (Wildman–Crippen LogP) is 1.22. The molecule has 2 aromatic rings. The molecule has 23 heavy (non-hydrogen) atoms. The highest BCUT2D eigenvalue weighted by Gasteiger charge is 2.23. The first-order chi connectivity index (χ1) is 11.1. The molecule has 0 atom stereocenters. The first kappa shape index (κ1) is 15.3. The second kappa shape index (κ2) is 6.24. The van der Waals surface area contributed by atoms with Crippen LogP contribution in [-0.2, 0) is 4.79 Å². The highest BCUT2D eigenvalue weighted by Crippen LogP contribution is 2.13. The minimum atomic E-state index is -0.374. The summed E-state index contributed by atoms with van der Waals surface area (Å²) in [5, 5.41) is 0.829. The van der Waals surface area contributed by atoms with Gasteiger partial charge in [0.15, 0.2) is 0 Å². The molecule has 0 unspecified atom stereocenters. The molecule has 0 bridgehead atoms. The number of rotatable bonds is 1. The van der Waals surface area contributed by atoms with Crippen LogP contribution < -0.4 is 5.56 Å². The van der Waals surface area contributed by atoms with Gasteiger partial charge in [0.05, 0.1) is 0 Å². The van der Waals surface area contributed by atoms with Crippen molar-refractivity contribution in [3.8, 4) is 0 Å². The largest absolute Gasteiger partial charge is 0.341 e. The molecule has 0 radical (unpaired) electrons. The summed E-state index contributed by atoms with van der Waals surface area (Å²) in [6.45, 7) is 3.69. The van der Waals surface area contributed by atoms with Crippen LogP contribution in [0.1, 0.15) is 23.7 Å². The molecule has 120 valence electrons. The lowest BCUT2D eigenvalue weighted by Gasteiger charge is -2.21. The fraction of sp³-hybridized carbons (Fsp3) is 0.353. The van der Waals surface area contributed by atoms with Gasteiger partial charge in [0.2, 0.25) is 5.91 Å². The monoisotopic (exact) mass is 313 g/mol. The first-order valence-corrected chi connectivity index (χ1v) is 7.73. The van der Waals surface area contributed by atoms with Gasteiger partial charge >= 0.3 is 0 Å². The molecule has 1 aromatic carbocycles. The molecule has 1 N–H and O–H groups in total. The third-order valence-corrected chi connectivity index (χ3v) is 4.21. The van der Waals surface area contributed by atoms with Gasteiger partial charge in [0, 0.05) is 38.6 Å². The predicted molar refractivity (Wildman–Crippen MR) is 87.3 cm³/mol. The maximum atomic E-state index is 12.7. The summed E-state index contributed by atoms with van der Waals surface area (Å²) in [4.78, 5) is 42.5. The Morgan fingerprint density at radius 2 is 1.74 bits per heavy atom. The number of fused-ring (bicyclic) bond motifs is 1. The van der Waals surface area contributed by atoms with E-state index in [1.54, 1.807) is 15.9 Å². The number of carbonyl (C=O) groups is 2. The molecule has 0 spiro atoms. The Kier molecular flexibility index (Phi) is 4.14. The van der Waals surface area contributed by atoms with Crippen molar-refractivity contribution in [1.82, 2.24) is 14.8 Å². The number of pyridine rings is 1. The minimum Gasteiger partial charge on any atom is -0.341 e. The number of amides is 2. The normalized spacial score (nSPS) is 15.5. The van der Waals surface area contributed by atoms with Crippen LogP contribution >= 0.6 is 0 Å². The molecule has 2 heterocycles. The van der Waals surface area contributed by atoms with Crippen LogP contribution in [-0.4, -0.2) is 52.8 Å². The van der Waals surface area contributed by atoms with Gasteiger partial charge in [-0.1, -0.05) is 18.2 Å². The van der Waals surface area contributed by atoms with Crippen LogP contribution in [0.5, 0.6) is 0 Å². The van der Waals surface area contributed by atoms with E-state index in [-0.39, 0.29) is 22.9 Å². The zero-order valence-electron chi connectivity index (χ0n) is 13.0. The molecule has 6 nitrogen and oxygen atoms in total. The van der Waals surface area contributed by atoms with Crippen LogP contribution in [0.2, 0.25) is 0 Å². The second-order valence-corrected chi connectivity index (χ2v) is 5.75. The standard InChI is InChI=1S/C17H19N3O3/c1-12(21)19-7-4-8-20(10-9-19)17(23)14-11-13-5-2-3-6-15(13)18-16(14)22/h2-3,5-6,11H,4,7-10H2,1H3,(H,18,22). The van der Waals surface area contributed by atoms with E-state index in [0.29, 0.717) is 31.7 Å². The quantitative estimate of drug-likeness (QED) is 0.860. The Balaban J connectivity index is 1.87. The Bertz CT molecular complexity index is 812. The average molecular weight is 313 g/mol. The van der Waals surface area contributed by atoms with Crippen molar-refractivity contribution >= 4 is 22.7 Å². The summed E-state index contributed by atoms with van der Waals surface area (Å²) in [7, 11) is 0. The SMILES string of the molecule is CC(=O)N1CCCN(C(=O)c2cc3ccccc3[nH]c2=O)CC1. The van der Waals surface area contributed by atoms with E-state index in [0.717, 1.165) is 11.8 Å². The van der Waals surface area contributed by atoms with Gasteiger partial charge in [-0.15, -0.1) is 0 Å². The number of H-pyrrole nitrogens is 1. The van der Waals surface area contributed by atoms with Crippen molar-refractivity contribution < 1.29 is 9.59 Å². The lowest BCUT2D eigenvalue weighted by molar-refractivity contribution is -0.128. The summed E-state index contributed by atoms with van der Waals surface area (Å²) in [6.07, 6.45) is 0.719. The Morgan fingerprint density at radius 1 is 1.04 bits per heavy atom. The van der Waals surface area contributed by atoms with Crippen molar-refractivity contribution in [2.45, 2.75) is 13.3 Å². The number of aromatic amines is 1. The van der Waals surface area contributed by atoms with Gasteiger partial charge < -0.3 is 14.8 Å². The van der Waals surface area contributed by atoms with Crippen LogP contribution in [0.15, 0.2) is 35.1 Å². The molecular weight excluding hydrogens is 294 g/mol. The lowest BCUT2D eigenvalue weighted by Crippen LogP contribution is -2.38. The van der Waals surface area contributed by atoms with E-state index in [1.165, 1.54) is 6.92 Å². The fourth-order valence-corrected chi connectivity index (χ4v) is 2.91. The summed E-state index contributed by atoms with van der Waals surface area (Å²) in [5.74, 6) is -0.259. The van der Waals surface area contributed by atoms with E-state index in [2.05, 4.69) is 4.98 Å². The van der Waals surface area contributed by atoms with Gasteiger partial charge in [-0.25, -0.2) is 0 Å². The van der Waals surface area contributed by atoms with E-state index < -0.39 is 0 Å². The highest BCUT2D eigenvalue weighted by molar-refractivity contribution is 5.97. The third kappa shape index (κ3) is 3.11. The van der Waals surface area contributed by atoms with Crippen molar-refractivity contribution in [3.63, 3.8) is 0 Å². The molecule has 1 aliphatic heterocycles. The van der Waals surface area contributed by atoms with Crippen LogP contribution in [0.25, 0.3) is 10.9 Å². The Hall–Kier alpha value is -2.63. The summed E-state index contributed by atoms with van der Waals surface area (Å²) < 4.78 is 0. The number of nitrogens with one attached hydrogen (secondary N) is 1. The number of para-hydroxylation sites is 1. The highest BCUT2D eigenvalue weighted by atomic mass is 16.2. The van der Waals surface area contributed by atoms with Crippen molar-refractivity contribution in [3.05, 3.63) is 46.2 Å². The molecule has 3 rings (SSSR count). The van der Waals surface area contributed by atoms with Crippen LogP contribution in [0, 0.1) is 0 Å². The molecule has 2 amide bonds. The third-order valence-electron chi connectivity index (χ3n) is 4.21. The fourth-order valence-electron chi connectivity index (χ4n) is 2.91. The average Bonchev–Trinajstić information content (AvgIpc) is 2.79. The molecule has 0 saturated carbocycles. The summed E-state index contributed by atoms with van der Waals surface area (Å²) in [5.41, 5.74) is 0.494. The zero-order valence-corrected chi connectivity index (χ0v) is 13.0. The number of aromatic nitrogens is 1. The number of nitrogens with zero attached hydrogens (tertiary/aromatic N) is 2. The van der Waals surface area contributed by atoms with Crippen molar-refractivity contribution in [1.29, 1.82) is 0 Å². The van der Waals surface area contributed by atoms with E-state index in [1.807, 2.05) is 24.3 Å². The first-order valence-electron chi connectivity index (χ1n) is 7.73. The van der Waals surface area contributed by atoms with E-state index in [4.69, 9.17) is 0 Å². The summed E-state index contributed by atoms with van der Waals surface area (Å²) >= 11 is 0. The van der Waals surface area contributed by atoms with Gasteiger partial charge in [0.25, 0.3) is 11.5 Å². The molecule has 1 saturated heterocycles. The van der Waals surface area contributed by atoms with Crippen LogP contribution in [0.4, 0.5) is 0 Å². The van der Waals surface area contributed by atoms with E-state index >= 15 is 0 Å². The number of hydrogen-bond donors (Lipinski definition) is 1. The maximum absolute atomic E-state index is 12.7. The number of hydrogen-bond acceptors (Lipinski definition) is 3.